The quantitative estimate of drug-likeness (QED) is 0.664. The molecule has 0 aliphatic heterocycles. The third-order valence-electron chi connectivity index (χ3n) is 2.81. The maximum Gasteiger partial charge on any atom is 0.242 e. The van der Waals surface area contributed by atoms with Crippen molar-refractivity contribution in [3.8, 4) is 5.75 Å². The van der Waals surface area contributed by atoms with Crippen molar-refractivity contribution in [3.05, 3.63) is 18.2 Å². The van der Waals surface area contributed by atoms with Gasteiger partial charge in [-0.1, -0.05) is 13.8 Å². The predicted molar refractivity (Wildman–Crippen MR) is 73.4 cm³/mol. The highest BCUT2D eigenvalue weighted by Gasteiger charge is 2.23. The van der Waals surface area contributed by atoms with Gasteiger partial charge in [-0.2, -0.15) is 0 Å². The lowest BCUT2D eigenvalue weighted by Crippen LogP contribution is -2.41. The number of nitrogen functional groups attached to an aromatic ring is 1. The molecule has 0 aliphatic rings. The van der Waals surface area contributed by atoms with Crippen molar-refractivity contribution in [2.45, 2.75) is 24.8 Å². The Morgan fingerprint density at radius 3 is 2.47 bits per heavy atom. The molecule has 1 aromatic rings. The van der Waals surface area contributed by atoms with Gasteiger partial charge in [-0.3, -0.25) is 0 Å². The molecule has 0 aromatic heterocycles. The summed E-state index contributed by atoms with van der Waals surface area (Å²) in [7, 11) is -2.29. The fourth-order valence-electron chi connectivity index (χ4n) is 1.55. The molecule has 19 heavy (non-hydrogen) atoms. The van der Waals surface area contributed by atoms with Crippen LogP contribution in [-0.2, 0) is 10.0 Å². The highest BCUT2D eigenvalue weighted by atomic mass is 32.2. The van der Waals surface area contributed by atoms with E-state index in [0.29, 0.717) is 5.75 Å². The number of hydrogen-bond acceptors (Lipinski definition) is 5. The number of rotatable bonds is 6. The second kappa shape index (κ2) is 6.23. The van der Waals surface area contributed by atoms with Crippen molar-refractivity contribution in [1.82, 2.24) is 4.72 Å². The summed E-state index contributed by atoms with van der Waals surface area (Å²) in [6.45, 7) is 3.37. The molecular formula is C12H20N2O4S. The highest BCUT2D eigenvalue weighted by molar-refractivity contribution is 7.89. The van der Waals surface area contributed by atoms with Crippen molar-refractivity contribution in [3.63, 3.8) is 0 Å². The van der Waals surface area contributed by atoms with Gasteiger partial charge >= 0.3 is 0 Å². The Hall–Kier alpha value is -1.31. The molecule has 7 heteroatoms. The number of aliphatic hydroxyl groups excluding tert-OH is 1. The number of aliphatic hydroxyl groups is 1. The van der Waals surface area contributed by atoms with Gasteiger partial charge in [0.2, 0.25) is 10.0 Å². The van der Waals surface area contributed by atoms with E-state index in [1.54, 1.807) is 0 Å². The van der Waals surface area contributed by atoms with E-state index in [1.807, 2.05) is 13.8 Å². The molecule has 0 heterocycles. The molecule has 6 nitrogen and oxygen atoms in total. The third-order valence-corrected chi connectivity index (χ3v) is 4.38. The molecule has 0 amide bonds. The smallest absolute Gasteiger partial charge is 0.242 e. The van der Waals surface area contributed by atoms with Crippen LogP contribution < -0.4 is 15.2 Å². The summed E-state index contributed by atoms with van der Waals surface area (Å²) < 4.78 is 31.8. The summed E-state index contributed by atoms with van der Waals surface area (Å²) in [4.78, 5) is -0.0209. The lowest BCUT2D eigenvalue weighted by atomic mass is 10.1. The van der Waals surface area contributed by atoms with E-state index in [9.17, 15) is 13.5 Å². The van der Waals surface area contributed by atoms with Gasteiger partial charge < -0.3 is 15.6 Å². The zero-order valence-electron chi connectivity index (χ0n) is 11.3. The number of hydrogen-bond donors (Lipinski definition) is 3. The normalized spacial score (nSPS) is 13.5. The summed E-state index contributed by atoms with van der Waals surface area (Å²) in [5.41, 5.74) is 5.82. The van der Waals surface area contributed by atoms with Crippen LogP contribution in [0, 0.1) is 5.92 Å². The van der Waals surface area contributed by atoms with E-state index in [4.69, 9.17) is 10.5 Å². The second-order valence-electron chi connectivity index (χ2n) is 4.56. The summed E-state index contributed by atoms with van der Waals surface area (Å²) in [5, 5.41) is 9.18. The van der Waals surface area contributed by atoms with E-state index in [0.717, 1.165) is 0 Å². The van der Waals surface area contributed by atoms with E-state index in [1.165, 1.54) is 25.3 Å². The van der Waals surface area contributed by atoms with Crippen LogP contribution in [0.3, 0.4) is 0 Å². The van der Waals surface area contributed by atoms with Gasteiger partial charge in [-0.15, -0.1) is 0 Å². The first-order valence-corrected chi connectivity index (χ1v) is 7.37. The molecule has 0 unspecified atom stereocenters. The molecule has 4 N–H and O–H groups in total. The van der Waals surface area contributed by atoms with E-state index in [2.05, 4.69) is 4.72 Å². The summed E-state index contributed by atoms with van der Waals surface area (Å²) in [5.74, 6) is 0.457. The van der Waals surface area contributed by atoms with Crippen molar-refractivity contribution in [1.29, 1.82) is 0 Å². The first kappa shape index (κ1) is 15.7. The number of methoxy groups -OCH3 is 1. The Balaban J connectivity index is 3.07. The van der Waals surface area contributed by atoms with Gasteiger partial charge in [-0.05, 0) is 18.1 Å². The van der Waals surface area contributed by atoms with Crippen LogP contribution in [0.1, 0.15) is 13.8 Å². The van der Waals surface area contributed by atoms with Gasteiger partial charge in [0.05, 0.1) is 19.4 Å². The van der Waals surface area contributed by atoms with Crippen LogP contribution >= 0.6 is 0 Å². The SMILES string of the molecule is COc1ccc(S(=O)(=O)N[C@H](CO)C(C)C)c(N)c1. The van der Waals surface area contributed by atoms with Gasteiger partial charge in [-0.25, -0.2) is 13.1 Å². The molecule has 0 saturated carbocycles. The van der Waals surface area contributed by atoms with Crippen LogP contribution in [0.2, 0.25) is 0 Å². The number of ether oxygens (including phenoxy) is 1. The van der Waals surface area contributed by atoms with E-state index < -0.39 is 16.1 Å². The lowest BCUT2D eigenvalue weighted by molar-refractivity contribution is 0.227. The third kappa shape index (κ3) is 3.82. The second-order valence-corrected chi connectivity index (χ2v) is 6.24. The van der Waals surface area contributed by atoms with Gasteiger partial charge in [0.15, 0.2) is 0 Å². The number of anilines is 1. The summed E-state index contributed by atoms with van der Waals surface area (Å²) in [6, 6.07) is 3.80. The molecule has 0 bridgehead atoms. The topological polar surface area (TPSA) is 102 Å². The first-order valence-electron chi connectivity index (χ1n) is 5.88. The molecule has 1 aromatic carbocycles. The Morgan fingerprint density at radius 2 is 2.05 bits per heavy atom. The van der Waals surface area contributed by atoms with E-state index >= 15 is 0 Å². The van der Waals surface area contributed by atoms with Gasteiger partial charge in [0.1, 0.15) is 10.6 Å². The summed E-state index contributed by atoms with van der Waals surface area (Å²) in [6.07, 6.45) is 0. The van der Waals surface area contributed by atoms with Crippen LogP contribution in [0.5, 0.6) is 5.75 Å². The average Bonchev–Trinajstić information content (AvgIpc) is 2.35. The molecule has 1 atom stereocenters. The molecule has 0 fully saturated rings. The lowest BCUT2D eigenvalue weighted by Gasteiger charge is -2.20. The maximum absolute atomic E-state index is 12.2. The minimum absolute atomic E-state index is 0.0209. The predicted octanol–water partition coefficient (Wildman–Crippen LogP) is 0.573. The summed E-state index contributed by atoms with van der Waals surface area (Å²) >= 11 is 0. The molecule has 1 rings (SSSR count). The van der Waals surface area contributed by atoms with Crippen molar-refractivity contribution in [2.24, 2.45) is 5.92 Å². The van der Waals surface area contributed by atoms with Crippen LogP contribution in [0.15, 0.2) is 23.1 Å². The highest BCUT2D eigenvalue weighted by Crippen LogP contribution is 2.24. The molecule has 0 spiro atoms. The fraction of sp³-hybridized carbons (Fsp3) is 0.500. The zero-order chi connectivity index (χ0) is 14.6. The van der Waals surface area contributed by atoms with Crippen molar-refractivity contribution < 1.29 is 18.3 Å². The number of nitrogens with two attached hydrogens (primary N) is 1. The van der Waals surface area contributed by atoms with Gasteiger partial charge in [0.25, 0.3) is 0 Å². The molecule has 108 valence electrons. The Kier molecular flexibility index (Phi) is 5.16. The van der Waals surface area contributed by atoms with Crippen molar-refractivity contribution in [2.75, 3.05) is 19.5 Å². The Bertz CT molecular complexity index is 529. The number of nitrogens with one attached hydrogen (secondary N) is 1. The van der Waals surface area contributed by atoms with Gasteiger partial charge in [0, 0.05) is 12.1 Å². The van der Waals surface area contributed by atoms with Crippen LogP contribution in [0.25, 0.3) is 0 Å². The molecule has 0 saturated heterocycles. The minimum Gasteiger partial charge on any atom is -0.497 e. The maximum atomic E-state index is 12.2. The molecular weight excluding hydrogens is 268 g/mol. The Labute approximate surface area is 113 Å². The number of sulfonamides is 1. The van der Waals surface area contributed by atoms with Crippen molar-refractivity contribution >= 4 is 15.7 Å². The van der Waals surface area contributed by atoms with Crippen LogP contribution in [0.4, 0.5) is 5.69 Å². The fourth-order valence-corrected chi connectivity index (χ4v) is 3.03. The first-order chi connectivity index (χ1) is 8.81. The Morgan fingerprint density at radius 1 is 1.42 bits per heavy atom. The molecule has 0 aliphatic carbocycles. The molecule has 0 radical (unpaired) electrons. The standard InChI is InChI=1S/C12H20N2O4S/c1-8(2)11(7-15)14-19(16,17)12-5-4-9(18-3)6-10(12)13/h4-6,8,11,14-15H,7,13H2,1-3H3/t11-/m1/s1. The number of benzene rings is 1. The minimum atomic E-state index is -3.76. The van der Waals surface area contributed by atoms with Crippen LogP contribution in [-0.4, -0.2) is 33.3 Å². The monoisotopic (exact) mass is 288 g/mol. The largest absolute Gasteiger partial charge is 0.497 e. The zero-order valence-corrected chi connectivity index (χ0v) is 12.1. The van der Waals surface area contributed by atoms with E-state index in [-0.39, 0.29) is 23.1 Å². The average molecular weight is 288 g/mol.